The molecule has 5 heteroatoms. The molecule has 1 saturated heterocycles. The molecule has 0 bridgehead atoms. The molecule has 1 heterocycles. The molecule has 1 aliphatic heterocycles. The SMILES string of the molecule is CC(C)(C)[C@]1(COc2cccc3c2CC=C3)CN(C(=O)O)CCO1. The van der Waals surface area contributed by atoms with Crippen molar-refractivity contribution in [3.63, 3.8) is 0 Å². The van der Waals surface area contributed by atoms with Crippen LogP contribution in [-0.2, 0) is 11.2 Å². The van der Waals surface area contributed by atoms with Gasteiger partial charge in [0.1, 0.15) is 18.0 Å². The quantitative estimate of drug-likeness (QED) is 0.922. The lowest BCUT2D eigenvalue weighted by atomic mass is 9.75. The van der Waals surface area contributed by atoms with Crippen LogP contribution >= 0.6 is 0 Å². The van der Waals surface area contributed by atoms with Crippen molar-refractivity contribution in [3.05, 3.63) is 35.4 Å². The molecule has 1 amide bonds. The summed E-state index contributed by atoms with van der Waals surface area (Å²) in [6, 6.07) is 6.04. The van der Waals surface area contributed by atoms with Gasteiger partial charge in [-0.25, -0.2) is 4.79 Å². The third-order valence-electron chi connectivity index (χ3n) is 5.07. The minimum absolute atomic E-state index is 0.253. The average molecular weight is 331 g/mol. The van der Waals surface area contributed by atoms with Gasteiger partial charge in [0.25, 0.3) is 0 Å². The lowest BCUT2D eigenvalue weighted by Crippen LogP contribution is -2.62. The van der Waals surface area contributed by atoms with Gasteiger partial charge in [0, 0.05) is 12.1 Å². The molecule has 5 nitrogen and oxygen atoms in total. The maximum absolute atomic E-state index is 11.4. The highest BCUT2D eigenvalue weighted by Crippen LogP contribution is 2.38. The molecule has 1 fully saturated rings. The molecule has 1 aromatic carbocycles. The lowest BCUT2D eigenvalue weighted by molar-refractivity contribution is -0.175. The Morgan fingerprint density at radius 2 is 2.21 bits per heavy atom. The zero-order valence-corrected chi connectivity index (χ0v) is 14.5. The Morgan fingerprint density at radius 1 is 1.42 bits per heavy atom. The highest BCUT2D eigenvalue weighted by atomic mass is 16.5. The van der Waals surface area contributed by atoms with Gasteiger partial charge in [-0.3, -0.25) is 0 Å². The van der Waals surface area contributed by atoms with Crippen molar-refractivity contribution >= 4 is 12.2 Å². The number of morpholine rings is 1. The first-order valence-corrected chi connectivity index (χ1v) is 8.35. The number of benzene rings is 1. The molecule has 1 aliphatic carbocycles. The van der Waals surface area contributed by atoms with Crippen LogP contribution in [0, 0.1) is 5.41 Å². The number of allylic oxidation sites excluding steroid dienone is 1. The Hall–Kier alpha value is -2.01. The first kappa shape index (κ1) is 16.8. The number of amides is 1. The zero-order chi connectivity index (χ0) is 17.4. The van der Waals surface area contributed by atoms with E-state index in [2.05, 4.69) is 39.0 Å². The second-order valence-corrected chi connectivity index (χ2v) is 7.52. The highest BCUT2D eigenvalue weighted by molar-refractivity contribution is 5.65. The van der Waals surface area contributed by atoms with Crippen molar-refractivity contribution in [3.8, 4) is 5.75 Å². The van der Waals surface area contributed by atoms with E-state index in [-0.39, 0.29) is 5.41 Å². The Morgan fingerprint density at radius 3 is 2.92 bits per heavy atom. The van der Waals surface area contributed by atoms with E-state index in [0.717, 1.165) is 12.2 Å². The predicted molar refractivity (Wildman–Crippen MR) is 92.4 cm³/mol. The summed E-state index contributed by atoms with van der Waals surface area (Å²) < 4.78 is 12.3. The molecule has 0 aromatic heterocycles. The molecule has 24 heavy (non-hydrogen) atoms. The van der Waals surface area contributed by atoms with Gasteiger partial charge in [0.2, 0.25) is 0 Å². The smallest absolute Gasteiger partial charge is 0.407 e. The van der Waals surface area contributed by atoms with Crippen molar-refractivity contribution in [2.75, 3.05) is 26.3 Å². The first-order valence-electron chi connectivity index (χ1n) is 8.35. The maximum Gasteiger partial charge on any atom is 0.407 e. The van der Waals surface area contributed by atoms with Gasteiger partial charge in [-0.05, 0) is 23.5 Å². The van der Waals surface area contributed by atoms with E-state index in [9.17, 15) is 9.90 Å². The standard InChI is InChI=1S/C19H25NO4/c1-18(2,3)19(12-20(17(21)22)10-11-24-19)13-23-16-9-5-7-14-6-4-8-15(14)16/h4-7,9H,8,10-13H2,1-3H3,(H,21,22)/t19-/m1/s1. The second kappa shape index (κ2) is 6.13. The highest BCUT2D eigenvalue weighted by Gasteiger charge is 2.48. The molecule has 0 radical (unpaired) electrons. The number of hydrogen-bond acceptors (Lipinski definition) is 3. The molecule has 3 rings (SSSR count). The van der Waals surface area contributed by atoms with Crippen LogP contribution in [0.2, 0.25) is 0 Å². The molecular formula is C19H25NO4. The number of carbonyl (C=O) groups is 1. The maximum atomic E-state index is 11.4. The summed E-state index contributed by atoms with van der Waals surface area (Å²) >= 11 is 0. The fourth-order valence-corrected chi connectivity index (χ4v) is 3.30. The third-order valence-corrected chi connectivity index (χ3v) is 5.07. The molecule has 130 valence electrons. The van der Waals surface area contributed by atoms with E-state index in [4.69, 9.17) is 9.47 Å². The summed E-state index contributed by atoms with van der Waals surface area (Å²) in [5, 5.41) is 9.37. The number of carboxylic acid groups (broad SMARTS) is 1. The minimum atomic E-state index is -0.906. The van der Waals surface area contributed by atoms with Crippen molar-refractivity contribution in [2.45, 2.75) is 32.8 Å². The van der Waals surface area contributed by atoms with Crippen LogP contribution in [0.25, 0.3) is 6.08 Å². The molecule has 2 aliphatic rings. The molecular weight excluding hydrogens is 306 g/mol. The Labute approximate surface area is 142 Å². The van der Waals surface area contributed by atoms with Crippen molar-refractivity contribution in [1.29, 1.82) is 0 Å². The van der Waals surface area contributed by atoms with E-state index < -0.39 is 11.7 Å². The average Bonchev–Trinajstić information content (AvgIpc) is 3.01. The number of fused-ring (bicyclic) bond motifs is 1. The number of rotatable bonds is 3. The van der Waals surface area contributed by atoms with Gasteiger partial charge < -0.3 is 19.5 Å². The van der Waals surface area contributed by atoms with Gasteiger partial charge in [0.05, 0.1) is 13.2 Å². The Bertz CT molecular complexity index is 662. The van der Waals surface area contributed by atoms with E-state index in [1.807, 2.05) is 12.1 Å². The van der Waals surface area contributed by atoms with E-state index in [1.54, 1.807) is 0 Å². The minimum Gasteiger partial charge on any atom is -0.490 e. The van der Waals surface area contributed by atoms with Crippen LogP contribution < -0.4 is 4.74 Å². The predicted octanol–water partition coefficient (Wildman–Crippen LogP) is 3.43. The summed E-state index contributed by atoms with van der Waals surface area (Å²) in [4.78, 5) is 12.8. The van der Waals surface area contributed by atoms with Gasteiger partial charge >= 0.3 is 6.09 Å². The lowest BCUT2D eigenvalue weighted by Gasteiger charge is -2.49. The molecule has 0 saturated carbocycles. The summed E-state index contributed by atoms with van der Waals surface area (Å²) in [7, 11) is 0. The molecule has 1 aromatic rings. The molecule has 1 atom stereocenters. The van der Waals surface area contributed by atoms with Crippen LogP contribution in [0.5, 0.6) is 5.75 Å². The molecule has 1 N–H and O–H groups in total. The van der Waals surface area contributed by atoms with Crippen LogP contribution in [0.4, 0.5) is 4.79 Å². The zero-order valence-electron chi connectivity index (χ0n) is 14.5. The van der Waals surface area contributed by atoms with E-state index in [0.29, 0.717) is 26.3 Å². The third kappa shape index (κ3) is 3.00. The van der Waals surface area contributed by atoms with Crippen LogP contribution in [0.1, 0.15) is 31.9 Å². The van der Waals surface area contributed by atoms with Gasteiger partial charge in [-0.2, -0.15) is 0 Å². The molecule has 0 spiro atoms. The Balaban J connectivity index is 1.81. The molecule has 0 unspecified atom stereocenters. The van der Waals surface area contributed by atoms with Gasteiger partial charge in [-0.1, -0.05) is 45.1 Å². The van der Waals surface area contributed by atoms with Crippen LogP contribution in [-0.4, -0.2) is 48.0 Å². The normalized spacial score (nSPS) is 23.2. The summed E-state index contributed by atoms with van der Waals surface area (Å²) in [6.45, 7) is 7.64. The summed E-state index contributed by atoms with van der Waals surface area (Å²) in [5.74, 6) is 0.858. The van der Waals surface area contributed by atoms with Crippen LogP contribution in [0.15, 0.2) is 24.3 Å². The van der Waals surface area contributed by atoms with Crippen LogP contribution in [0.3, 0.4) is 0 Å². The van der Waals surface area contributed by atoms with Crippen molar-refractivity contribution in [1.82, 2.24) is 4.90 Å². The van der Waals surface area contributed by atoms with Gasteiger partial charge in [-0.15, -0.1) is 0 Å². The van der Waals surface area contributed by atoms with Crippen molar-refractivity contribution in [2.24, 2.45) is 5.41 Å². The monoisotopic (exact) mass is 331 g/mol. The van der Waals surface area contributed by atoms with Gasteiger partial charge in [0.15, 0.2) is 0 Å². The van der Waals surface area contributed by atoms with E-state index >= 15 is 0 Å². The fraction of sp³-hybridized carbons (Fsp3) is 0.526. The largest absolute Gasteiger partial charge is 0.490 e. The summed E-state index contributed by atoms with van der Waals surface area (Å²) in [6.07, 6.45) is 4.19. The number of hydrogen-bond donors (Lipinski definition) is 1. The number of ether oxygens (including phenoxy) is 2. The first-order chi connectivity index (χ1) is 11.3. The Kier molecular flexibility index (Phi) is 4.30. The van der Waals surface area contributed by atoms with Crippen molar-refractivity contribution < 1.29 is 19.4 Å². The fourth-order valence-electron chi connectivity index (χ4n) is 3.30. The topological polar surface area (TPSA) is 59.0 Å². The van der Waals surface area contributed by atoms with E-state index in [1.165, 1.54) is 16.0 Å². The summed E-state index contributed by atoms with van der Waals surface area (Å²) in [5.41, 5.74) is 1.46. The second-order valence-electron chi connectivity index (χ2n) is 7.52. The number of nitrogens with zero attached hydrogens (tertiary/aromatic N) is 1.